The van der Waals surface area contributed by atoms with Crippen LogP contribution in [0.15, 0.2) is 47.3 Å². The van der Waals surface area contributed by atoms with Crippen LogP contribution in [0.3, 0.4) is 0 Å². The number of unbranched alkanes of at least 4 members (excludes halogenated alkanes) is 1. The number of hydrogen-bond donors (Lipinski definition) is 2. The Hall–Kier alpha value is -2.59. The molecule has 4 heteroatoms. The number of aromatic amines is 1. The summed E-state index contributed by atoms with van der Waals surface area (Å²) in [5.74, 6) is 0.867. The molecule has 1 heterocycles. The number of rotatable bonds is 5. The highest BCUT2D eigenvalue weighted by atomic mass is 16.5. The van der Waals surface area contributed by atoms with Crippen LogP contribution in [-0.2, 0) is 6.42 Å². The minimum absolute atomic E-state index is 0.0496. The second-order valence-electron chi connectivity index (χ2n) is 6.09. The number of aliphatic hydroxyl groups excluding tert-OH is 1. The van der Waals surface area contributed by atoms with Crippen molar-refractivity contribution in [2.45, 2.75) is 19.3 Å². The third-order valence-electron chi connectivity index (χ3n) is 4.60. The molecule has 0 atom stereocenters. The Kier molecular flexibility index (Phi) is 3.82. The molecule has 1 aromatic heterocycles. The van der Waals surface area contributed by atoms with Gasteiger partial charge in [0, 0.05) is 29.5 Å². The summed E-state index contributed by atoms with van der Waals surface area (Å²) >= 11 is 0. The van der Waals surface area contributed by atoms with E-state index in [1.165, 1.54) is 0 Å². The number of ether oxygens (including phenoxy) is 1. The van der Waals surface area contributed by atoms with E-state index in [1.54, 1.807) is 0 Å². The Morgan fingerprint density at radius 2 is 1.83 bits per heavy atom. The maximum atomic E-state index is 12.4. The van der Waals surface area contributed by atoms with Gasteiger partial charge >= 0.3 is 0 Å². The van der Waals surface area contributed by atoms with Crippen LogP contribution in [0.25, 0.3) is 22.0 Å². The van der Waals surface area contributed by atoms with E-state index >= 15 is 0 Å². The summed E-state index contributed by atoms with van der Waals surface area (Å²) in [4.78, 5) is 15.4. The minimum atomic E-state index is -0.0496. The van der Waals surface area contributed by atoms with Crippen molar-refractivity contribution < 1.29 is 9.84 Å². The quantitative estimate of drug-likeness (QED) is 0.555. The summed E-state index contributed by atoms with van der Waals surface area (Å²) in [6.07, 6.45) is 2.33. The Balaban J connectivity index is 1.77. The Morgan fingerprint density at radius 3 is 2.67 bits per heavy atom. The summed E-state index contributed by atoms with van der Waals surface area (Å²) in [6, 6.07) is 13.7. The maximum Gasteiger partial charge on any atom is 0.256 e. The Labute approximate surface area is 139 Å². The highest BCUT2D eigenvalue weighted by Crippen LogP contribution is 2.41. The number of benzene rings is 2. The zero-order valence-electron chi connectivity index (χ0n) is 13.3. The van der Waals surface area contributed by atoms with Crippen LogP contribution in [0.2, 0.25) is 0 Å². The molecule has 4 nitrogen and oxygen atoms in total. The van der Waals surface area contributed by atoms with Crippen LogP contribution in [-0.4, -0.2) is 23.3 Å². The predicted molar refractivity (Wildman–Crippen MR) is 94.6 cm³/mol. The third-order valence-corrected chi connectivity index (χ3v) is 4.60. The van der Waals surface area contributed by atoms with Crippen LogP contribution in [0, 0.1) is 0 Å². The molecule has 122 valence electrons. The molecule has 3 aromatic rings. The van der Waals surface area contributed by atoms with Gasteiger partial charge in [0.15, 0.2) is 0 Å². The second-order valence-corrected chi connectivity index (χ2v) is 6.09. The number of pyridine rings is 1. The van der Waals surface area contributed by atoms with E-state index in [0.29, 0.717) is 6.61 Å². The number of fused-ring (bicyclic) bond motifs is 5. The van der Waals surface area contributed by atoms with Crippen molar-refractivity contribution in [1.82, 2.24) is 4.98 Å². The van der Waals surface area contributed by atoms with E-state index in [9.17, 15) is 4.79 Å². The fraction of sp³-hybridized carbons (Fsp3) is 0.250. The summed E-state index contributed by atoms with van der Waals surface area (Å²) in [7, 11) is 0. The van der Waals surface area contributed by atoms with E-state index in [1.807, 2.05) is 42.5 Å². The third kappa shape index (κ3) is 2.39. The lowest BCUT2D eigenvalue weighted by Crippen LogP contribution is -2.08. The van der Waals surface area contributed by atoms with Crippen LogP contribution in [0.4, 0.5) is 0 Å². The van der Waals surface area contributed by atoms with Gasteiger partial charge in [-0.1, -0.05) is 30.3 Å². The summed E-state index contributed by atoms with van der Waals surface area (Å²) in [5, 5.41) is 10.6. The minimum Gasteiger partial charge on any atom is -0.493 e. The fourth-order valence-corrected chi connectivity index (χ4v) is 3.44. The van der Waals surface area contributed by atoms with Gasteiger partial charge < -0.3 is 14.8 Å². The number of nitrogens with one attached hydrogen (secondary N) is 1. The first-order valence-electron chi connectivity index (χ1n) is 8.29. The molecular formula is C20H19NO3. The second kappa shape index (κ2) is 6.13. The van der Waals surface area contributed by atoms with E-state index in [-0.39, 0.29) is 12.2 Å². The van der Waals surface area contributed by atoms with E-state index in [0.717, 1.165) is 58.2 Å². The average Bonchev–Trinajstić information content (AvgIpc) is 2.99. The highest BCUT2D eigenvalue weighted by molar-refractivity contribution is 5.93. The van der Waals surface area contributed by atoms with Gasteiger partial charge in [-0.3, -0.25) is 4.79 Å². The van der Waals surface area contributed by atoms with Gasteiger partial charge in [0.25, 0.3) is 5.56 Å². The van der Waals surface area contributed by atoms with Gasteiger partial charge in [-0.15, -0.1) is 0 Å². The van der Waals surface area contributed by atoms with Crippen LogP contribution < -0.4 is 10.3 Å². The van der Waals surface area contributed by atoms with Gasteiger partial charge in [-0.05, 0) is 35.9 Å². The molecule has 0 unspecified atom stereocenters. The maximum absolute atomic E-state index is 12.4. The van der Waals surface area contributed by atoms with Crippen molar-refractivity contribution in [2.75, 3.05) is 13.2 Å². The molecule has 2 N–H and O–H groups in total. The van der Waals surface area contributed by atoms with E-state index < -0.39 is 0 Å². The van der Waals surface area contributed by atoms with Crippen molar-refractivity contribution in [3.05, 3.63) is 63.9 Å². The highest BCUT2D eigenvalue weighted by Gasteiger charge is 2.25. The van der Waals surface area contributed by atoms with Crippen LogP contribution >= 0.6 is 0 Å². The molecule has 0 aliphatic heterocycles. The molecule has 0 radical (unpaired) electrons. The Bertz CT molecular complexity index is 959. The number of aliphatic hydroxyl groups is 1. The van der Waals surface area contributed by atoms with Crippen molar-refractivity contribution in [3.63, 3.8) is 0 Å². The van der Waals surface area contributed by atoms with Crippen LogP contribution in [0.1, 0.15) is 24.0 Å². The van der Waals surface area contributed by atoms with E-state index in [4.69, 9.17) is 9.84 Å². The molecule has 1 aliphatic rings. The molecule has 24 heavy (non-hydrogen) atoms. The van der Waals surface area contributed by atoms with Gasteiger partial charge in [0.1, 0.15) is 5.75 Å². The lowest BCUT2D eigenvalue weighted by molar-refractivity contribution is 0.252. The first kappa shape index (κ1) is 15.0. The molecule has 0 saturated carbocycles. The molecule has 0 saturated heterocycles. The fourth-order valence-electron chi connectivity index (χ4n) is 3.44. The average molecular weight is 321 g/mol. The van der Waals surface area contributed by atoms with Crippen molar-refractivity contribution >= 4 is 10.8 Å². The van der Waals surface area contributed by atoms with Gasteiger partial charge in [0.05, 0.1) is 12.3 Å². The zero-order valence-corrected chi connectivity index (χ0v) is 13.3. The number of hydrogen-bond acceptors (Lipinski definition) is 3. The van der Waals surface area contributed by atoms with Crippen molar-refractivity contribution in [2.24, 2.45) is 0 Å². The summed E-state index contributed by atoms with van der Waals surface area (Å²) in [5.41, 5.74) is 4.20. The van der Waals surface area contributed by atoms with Crippen molar-refractivity contribution in [3.8, 4) is 17.0 Å². The molecule has 2 aromatic carbocycles. The lowest BCUT2D eigenvalue weighted by atomic mass is 10.0. The van der Waals surface area contributed by atoms with E-state index in [2.05, 4.69) is 4.98 Å². The predicted octanol–water partition coefficient (Wildman–Crippen LogP) is 3.25. The molecule has 0 spiro atoms. The molecule has 0 amide bonds. The van der Waals surface area contributed by atoms with Gasteiger partial charge in [-0.2, -0.15) is 0 Å². The molecule has 0 bridgehead atoms. The molecular weight excluding hydrogens is 302 g/mol. The smallest absolute Gasteiger partial charge is 0.256 e. The van der Waals surface area contributed by atoms with Crippen molar-refractivity contribution in [1.29, 1.82) is 0 Å². The Morgan fingerprint density at radius 1 is 1.00 bits per heavy atom. The first-order chi connectivity index (χ1) is 11.8. The number of aromatic nitrogens is 1. The summed E-state index contributed by atoms with van der Waals surface area (Å²) < 4.78 is 5.92. The molecule has 4 rings (SSSR count). The largest absolute Gasteiger partial charge is 0.493 e. The normalized spacial score (nSPS) is 12.2. The summed E-state index contributed by atoms with van der Waals surface area (Å²) in [6.45, 7) is 0.777. The van der Waals surface area contributed by atoms with Gasteiger partial charge in [0.2, 0.25) is 0 Å². The number of H-pyrrole nitrogens is 1. The molecule has 1 aliphatic carbocycles. The topological polar surface area (TPSA) is 62.3 Å². The zero-order chi connectivity index (χ0) is 16.5. The van der Waals surface area contributed by atoms with Crippen LogP contribution in [0.5, 0.6) is 5.75 Å². The van der Waals surface area contributed by atoms with Gasteiger partial charge in [-0.25, -0.2) is 0 Å². The monoisotopic (exact) mass is 321 g/mol. The lowest BCUT2D eigenvalue weighted by Gasteiger charge is -2.10. The molecule has 0 fully saturated rings. The SMILES string of the molecule is O=c1[nH]c2c(c3ccccc13)Cc1c(OCCCCO)cccc1-2. The first-order valence-corrected chi connectivity index (χ1v) is 8.29. The standard InChI is InChI=1S/C20H19NO3/c22-10-3-4-11-24-18-9-5-8-14-16(18)12-17-13-6-1-2-7-15(13)20(23)21-19(14)17/h1-2,5-9,22H,3-4,10-12H2,(H,21,23).